The molecule has 1 nitrogen and oxygen atoms in total. The molecule has 4 aromatic rings. The summed E-state index contributed by atoms with van der Waals surface area (Å²) in [6.45, 7) is 4.29. The molecule has 0 aliphatic rings. The first kappa shape index (κ1) is 10.5. The first-order chi connectivity index (χ1) is 9.38. The van der Waals surface area contributed by atoms with E-state index in [9.17, 15) is 0 Å². The molecule has 0 amide bonds. The van der Waals surface area contributed by atoms with Crippen LogP contribution in [0.4, 0.5) is 0 Å². The van der Waals surface area contributed by atoms with Crippen LogP contribution >= 0.6 is 0 Å². The molecule has 0 bridgehead atoms. The van der Waals surface area contributed by atoms with Crippen molar-refractivity contribution in [3.63, 3.8) is 0 Å². The third-order valence-corrected chi connectivity index (χ3v) is 3.90. The van der Waals surface area contributed by atoms with Crippen LogP contribution in [0.25, 0.3) is 32.3 Å². The molecule has 4 aromatic carbocycles. The van der Waals surface area contributed by atoms with Crippen molar-refractivity contribution in [2.24, 2.45) is 4.99 Å². The molecule has 90 valence electrons. The van der Waals surface area contributed by atoms with E-state index in [0.717, 1.165) is 0 Å². The van der Waals surface area contributed by atoms with Gasteiger partial charge in [-0.15, -0.1) is 0 Å². The maximum absolute atomic E-state index is 4.04. The quantitative estimate of drug-likeness (QED) is 0.355. The molecule has 0 aliphatic heterocycles. The summed E-state index contributed by atoms with van der Waals surface area (Å²) < 4.78 is 0. The monoisotopic (exact) mass is 243 g/mol. The second kappa shape index (κ2) is 3.79. The summed E-state index contributed by atoms with van der Waals surface area (Å²) in [6.07, 6.45) is 0. The molecular formula is C18H13N. The van der Waals surface area contributed by atoms with E-state index in [1.165, 1.54) is 37.9 Å². The highest BCUT2D eigenvalue weighted by molar-refractivity contribution is 6.23. The predicted molar refractivity (Wildman–Crippen MR) is 83.4 cm³/mol. The van der Waals surface area contributed by atoms with E-state index in [1.807, 2.05) is 0 Å². The molecule has 0 heterocycles. The van der Waals surface area contributed by atoms with Gasteiger partial charge < -0.3 is 0 Å². The lowest BCUT2D eigenvalue weighted by Gasteiger charge is -2.12. The average Bonchev–Trinajstić information content (AvgIpc) is 2.46. The Bertz CT molecular complexity index is 890. The van der Waals surface area contributed by atoms with Crippen molar-refractivity contribution >= 4 is 39.0 Å². The molecule has 0 spiro atoms. The average molecular weight is 243 g/mol. The van der Waals surface area contributed by atoms with Crippen LogP contribution in [0.3, 0.4) is 0 Å². The van der Waals surface area contributed by atoms with Crippen LogP contribution in [-0.4, -0.2) is 6.72 Å². The minimum atomic E-state index is 0.675. The minimum Gasteiger partial charge on any atom is -0.296 e. The Morgan fingerprint density at radius 1 is 0.737 bits per heavy atom. The zero-order chi connectivity index (χ0) is 12.8. The fraction of sp³-hybridized carbons (Fsp3) is 0.0556. The molecule has 0 unspecified atom stereocenters. The first-order valence-corrected chi connectivity index (χ1v) is 6.46. The molecule has 0 fully saturated rings. The maximum atomic E-state index is 4.04. The fourth-order valence-electron chi connectivity index (χ4n) is 3.05. The van der Waals surface area contributed by atoms with Crippen LogP contribution in [0.5, 0.6) is 0 Å². The van der Waals surface area contributed by atoms with E-state index in [2.05, 4.69) is 66.3 Å². The summed E-state index contributed by atoms with van der Waals surface area (Å²) in [4.78, 5) is 4.04. The van der Waals surface area contributed by atoms with Gasteiger partial charge in [-0.3, -0.25) is 4.99 Å². The molecule has 4 rings (SSSR count). The van der Waals surface area contributed by atoms with E-state index in [4.69, 9.17) is 0 Å². The molecule has 1 heteroatoms. The summed E-state index contributed by atoms with van der Waals surface area (Å²) in [5.74, 6) is 0. The Hall–Kier alpha value is -2.41. The van der Waals surface area contributed by atoms with Gasteiger partial charge in [-0.2, -0.15) is 0 Å². The topological polar surface area (TPSA) is 12.4 Å². The molecular weight excluding hydrogens is 230 g/mol. The molecule has 0 atom stereocenters. The third kappa shape index (κ3) is 1.39. The van der Waals surface area contributed by atoms with E-state index < -0.39 is 0 Å². The van der Waals surface area contributed by atoms with Crippen LogP contribution in [0.2, 0.25) is 0 Å². The van der Waals surface area contributed by atoms with Crippen molar-refractivity contribution in [2.75, 3.05) is 0 Å². The van der Waals surface area contributed by atoms with Crippen LogP contribution in [0.15, 0.2) is 59.6 Å². The van der Waals surface area contributed by atoms with Crippen molar-refractivity contribution in [1.82, 2.24) is 0 Å². The Labute approximate surface area is 111 Å². The van der Waals surface area contributed by atoms with Gasteiger partial charge in [-0.25, -0.2) is 0 Å². The number of nitrogens with zero attached hydrogens (tertiary/aromatic N) is 1. The summed E-state index contributed by atoms with van der Waals surface area (Å²) in [5, 5.41) is 7.93. The highest BCUT2D eigenvalue weighted by atomic mass is 14.7. The van der Waals surface area contributed by atoms with Crippen LogP contribution in [0.1, 0.15) is 5.56 Å². The van der Waals surface area contributed by atoms with Crippen molar-refractivity contribution in [2.45, 2.75) is 6.54 Å². The number of hydrogen-bond acceptors (Lipinski definition) is 1. The Morgan fingerprint density at radius 3 is 2.11 bits per heavy atom. The highest BCUT2D eigenvalue weighted by Gasteiger charge is 2.09. The van der Waals surface area contributed by atoms with Crippen molar-refractivity contribution in [1.29, 1.82) is 0 Å². The smallest absolute Gasteiger partial charge is 0.0638 e. The number of hydrogen-bond donors (Lipinski definition) is 0. The van der Waals surface area contributed by atoms with Gasteiger partial charge >= 0.3 is 0 Å². The lowest BCUT2D eigenvalue weighted by molar-refractivity contribution is 1.10. The largest absolute Gasteiger partial charge is 0.296 e. The molecule has 0 saturated heterocycles. The fourth-order valence-corrected chi connectivity index (χ4v) is 3.05. The van der Waals surface area contributed by atoms with E-state index in [0.29, 0.717) is 6.54 Å². The van der Waals surface area contributed by atoms with Gasteiger partial charge in [0.05, 0.1) is 6.54 Å². The number of aliphatic imine (C=N–C) groups is 1. The van der Waals surface area contributed by atoms with Crippen molar-refractivity contribution in [3.05, 3.63) is 60.2 Å². The van der Waals surface area contributed by atoms with Crippen LogP contribution in [-0.2, 0) is 6.54 Å². The summed E-state index contributed by atoms with van der Waals surface area (Å²) in [5.41, 5.74) is 1.25. The summed E-state index contributed by atoms with van der Waals surface area (Å²) in [6, 6.07) is 19.7. The summed E-state index contributed by atoms with van der Waals surface area (Å²) >= 11 is 0. The normalized spacial score (nSPS) is 11.6. The zero-order valence-corrected chi connectivity index (χ0v) is 10.6. The van der Waals surface area contributed by atoms with Gasteiger partial charge in [0.15, 0.2) is 0 Å². The molecule has 0 saturated carbocycles. The van der Waals surface area contributed by atoms with E-state index in [1.54, 1.807) is 0 Å². The first-order valence-electron chi connectivity index (χ1n) is 6.46. The van der Waals surface area contributed by atoms with Gasteiger partial charge in [0.25, 0.3) is 0 Å². The van der Waals surface area contributed by atoms with Crippen LogP contribution in [0, 0.1) is 0 Å². The summed E-state index contributed by atoms with van der Waals surface area (Å²) in [7, 11) is 0. The lowest BCUT2D eigenvalue weighted by atomic mass is 9.92. The van der Waals surface area contributed by atoms with Crippen molar-refractivity contribution in [3.8, 4) is 0 Å². The Kier molecular flexibility index (Phi) is 2.10. The standard InChI is InChI=1S/C18H13N/c1-19-11-15-8-7-14-6-5-12-3-2-4-13-9-10-16(15)18(14)17(12)13/h2-10H,1,11H2. The zero-order valence-electron chi connectivity index (χ0n) is 10.6. The minimum absolute atomic E-state index is 0.675. The second-order valence-electron chi connectivity index (χ2n) is 4.96. The van der Waals surface area contributed by atoms with Gasteiger partial charge in [0.1, 0.15) is 0 Å². The molecule has 0 aliphatic carbocycles. The third-order valence-electron chi connectivity index (χ3n) is 3.90. The van der Waals surface area contributed by atoms with Gasteiger partial charge in [-0.05, 0) is 44.6 Å². The lowest BCUT2D eigenvalue weighted by Crippen LogP contribution is -1.88. The molecule has 0 radical (unpaired) electrons. The van der Waals surface area contributed by atoms with E-state index in [-0.39, 0.29) is 0 Å². The Morgan fingerprint density at radius 2 is 1.37 bits per heavy atom. The molecule has 0 aromatic heterocycles. The molecule has 19 heavy (non-hydrogen) atoms. The van der Waals surface area contributed by atoms with E-state index >= 15 is 0 Å². The highest BCUT2D eigenvalue weighted by Crippen LogP contribution is 2.35. The SMILES string of the molecule is C=NCc1ccc2ccc3cccc4ccc1c2c34. The van der Waals surface area contributed by atoms with Gasteiger partial charge in [-0.1, -0.05) is 54.6 Å². The number of rotatable bonds is 2. The maximum Gasteiger partial charge on any atom is 0.0638 e. The Balaban J connectivity index is 2.31. The predicted octanol–water partition coefficient (Wildman–Crippen LogP) is 4.78. The molecule has 0 N–H and O–H groups in total. The van der Waals surface area contributed by atoms with Crippen molar-refractivity contribution < 1.29 is 0 Å². The second-order valence-corrected chi connectivity index (χ2v) is 4.96. The number of benzene rings is 4. The van der Waals surface area contributed by atoms with Gasteiger partial charge in [0, 0.05) is 0 Å². The van der Waals surface area contributed by atoms with Gasteiger partial charge in [0.2, 0.25) is 0 Å². The van der Waals surface area contributed by atoms with Crippen LogP contribution < -0.4 is 0 Å².